The summed E-state index contributed by atoms with van der Waals surface area (Å²) in [7, 11) is 0. The summed E-state index contributed by atoms with van der Waals surface area (Å²) < 4.78 is 0. The minimum atomic E-state index is 0. The fourth-order valence-electron chi connectivity index (χ4n) is 3.19. The number of hydrogen-bond donors (Lipinski definition) is 3. The van der Waals surface area contributed by atoms with E-state index in [1.165, 1.54) is 19.4 Å². The molecule has 7 heteroatoms. The molecule has 1 aromatic heterocycles. The molecule has 0 radical (unpaired) electrons. The van der Waals surface area contributed by atoms with E-state index in [9.17, 15) is 0 Å². The molecular formula is C18H27IN6. The Morgan fingerprint density at radius 2 is 2.20 bits per heavy atom. The van der Waals surface area contributed by atoms with Crippen molar-refractivity contribution in [1.82, 2.24) is 20.2 Å². The molecule has 1 fully saturated rings. The fraction of sp³-hybridized carbons (Fsp3) is 0.444. The van der Waals surface area contributed by atoms with E-state index in [-0.39, 0.29) is 24.0 Å². The maximum Gasteiger partial charge on any atom is 0.189 e. The Hall–Kier alpha value is -1.61. The number of nitrogens with zero attached hydrogens (tertiary/aromatic N) is 3. The lowest BCUT2D eigenvalue weighted by atomic mass is 10.2. The van der Waals surface area contributed by atoms with E-state index in [2.05, 4.69) is 44.2 Å². The third-order valence-corrected chi connectivity index (χ3v) is 4.54. The molecule has 0 spiro atoms. The quantitative estimate of drug-likeness (QED) is 0.356. The standard InChI is InChI=1S/C18H26N6.HI/c1-2-24-10-6-9-15(24)11-21-18(19)22-13-17-20-12-16(23-17)14-7-4-3-5-8-14;/h3-5,7-8,12,15H,2,6,9-11,13H2,1H3,(H,20,23)(H3,19,21,22);1H. The lowest BCUT2D eigenvalue weighted by Gasteiger charge is -2.23. The van der Waals surface area contributed by atoms with Gasteiger partial charge in [0.25, 0.3) is 0 Å². The molecule has 3 rings (SSSR count). The molecule has 25 heavy (non-hydrogen) atoms. The molecule has 0 bridgehead atoms. The summed E-state index contributed by atoms with van der Waals surface area (Å²) in [6.45, 7) is 5.80. The van der Waals surface area contributed by atoms with Gasteiger partial charge in [-0.3, -0.25) is 4.90 Å². The van der Waals surface area contributed by atoms with Crippen LogP contribution in [0.4, 0.5) is 0 Å². The molecule has 136 valence electrons. The minimum absolute atomic E-state index is 0. The first-order valence-electron chi connectivity index (χ1n) is 8.63. The number of hydrogen-bond acceptors (Lipinski definition) is 3. The van der Waals surface area contributed by atoms with Crippen molar-refractivity contribution in [2.75, 3.05) is 19.6 Å². The molecule has 0 amide bonds. The predicted octanol–water partition coefficient (Wildman–Crippen LogP) is 2.58. The highest BCUT2D eigenvalue weighted by Gasteiger charge is 2.22. The minimum Gasteiger partial charge on any atom is -0.370 e. The second-order valence-corrected chi connectivity index (χ2v) is 6.12. The van der Waals surface area contributed by atoms with Crippen LogP contribution in [-0.2, 0) is 6.54 Å². The number of likely N-dealkylation sites (tertiary alicyclic amines) is 1. The Balaban J connectivity index is 0.00000225. The van der Waals surface area contributed by atoms with Gasteiger partial charge in [-0.25, -0.2) is 9.98 Å². The van der Waals surface area contributed by atoms with Gasteiger partial charge in [-0.05, 0) is 31.5 Å². The molecule has 0 saturated carbocycles. The van der Waals surface area contributed by atoms with E-state index < -0.39 is 0 Å². The second-order valence-electron chi connectivity index (χ2n) is 6.12. The molecule has 1 unspecified atom stereocenters. The molecular weight excluding hydrogens is 427 g/mol. The molecule has 1 aromatic carbocycles. The zero-order valence-electron chi connectivity index (χ0n) is 14.6. The van der Waals surface area contributed by atoms with Crippen molar-refractivity contribution in [3.8, 4) is 11.3 Å². The number of imidazole rings is 1. The Kier molecular flexibility index (Phi) is 7.70. The van der Waals surface area contributed by atoms with Crippen molar-refractivity contribution in [3.05, 3.63) is 42.4 Å². The third kappa shape index (κ3) is 5.43. The smallest absolute Gasteiger partial charge is 0.189 e. The maximum atomic E-state index is 5.98. The zero-order chi connectivity index (χ0) is 16.8. The van der Waals surface area contributed by atoms with Crippen LogP contribution in [-0.4, -0.2) is 46.5 Å². The molecule has 1 aliphatic heterocycles. The summed E-state index contributed by atoms with van der Waals surface area (Å²) in [4.78, 5) is 14.5. The van der Waals surface area contributed by atoms with Crippen LogP contribution in [0.1, 0.15) is 25.6 Å². The number of nitrogens with two attached hydrogens (primary N) is 1. The van der Waals surface area contributed by atoms with Gasteiger partial charge < -0.3 is 16.0 Å². The van der Waals surface area contributed by atoms with Crippen LogP contribution in [0.5, 0.6) is 0 Å². The van der Waals surface area contributed by atoms with Gasteiger partial charge in [0.1, 0.15) is 12.4 Å². The second kappa shape index (κ2) is 9.76. The van der Waals surface area contributed by atoms with Gasteiger partial charge in [0.05, 0.1) is 11.9 Å². The van der Waals surface area contributed by atoms with Crippen LogP contribution in [0.2, 0.25) is 0 Å². The number of rotatable bonds is 6. The number of nitrogens with one attached hydrogen (secondary N) is 2. The van der Waals surface area contributed by atoms with Crippen LogP contribution >= 0.6 is 24.0 Å². The van der Waals surface area contributed by atoms with E-state index in [4.69, 9.17) is 5.73 Å². The van der Waals surface area contributed by atoms with Crippen molar-refractivity contribution < 1.29 is 0 Å². The molecule has 4 N–H and O–H groups in total. The van der Waals surface area contributed by atoms with Gasteiger partial charge in [0.2, 0.25) is 0 Å². The lowest BCUT2D eigenvalue weighted by Crippen LogP contribution is -2.42. The lowest BCUT2D eigenvalue weighted by molar-refractivity contribution is 0.267. The van der Waals surface area contributed by atoms with Gasteiger partial charge in [-0.15, -0.1) is 24.0 Å². The van der Waals surface area contributed by atoms with E-state index in [0.717, 1.165) is 30.2 Å². The van der Waals surface area contributed by atoms with Crippen molar-refractivity contribution >= 4 is 29.9 Å². The molecule has 6 nitrogen and oxygen atoms in total. The highest BCUT2D eigenvalue weighted by Crippen LogP contribution is 2.16. The summed E-state index contributed by atoms with van der Waals surface area (Å²) >= 11 is 0. The van der Waals surface area contributed by atoms with Gasteiger partial charge in [0, 0.05) is 12.6 Å². The van der Waals surface area contributed by atoms with E-state index in [1.54, 1.807) is 0 Å². The van der Waals surface area contributed by atoms with Gasteiger partial charge in [-0.2, -0.15) is 0 Å². The Bertz CT molecular complexity index is 669. The highest BCUT2D eigenvalue weighted by atomic mass is 127. The first-order valence-corrected chi connectivity index (χ1v) is 8.63. The summed E-state index contributed by atoms with van der Waals surface area (Å²) in [5.41, 5.74) is 8.10. The normalized spacial score (nSPS) is 18.1. The van der Waals surface area contributed by atoms with Crippen molar-refractivity contribution in [1.29, 1.82) is 0 Å². The molecule has 1 saturated heterocycles. The third-order valence-electron chi connectivity index (χ3n) is 4.54. The zero-order valence-corrected chi connectivity index (χ0v) is 16.9. The topological polar surface area (TPSA) is 82.3 Å². The summed E-state index contributed by atoms with van der Waals surface area (Å²) in [6, 6.07) is 10.7. The average molecular weight is 454 g/mol. The first kappa shape index (κ1) is 19.7. The monoisotopic (exact) mass is 454 g/mol. The number of likely N-dealkylation sites (N-methyl/N-ethyl adjacent to an activating group) is 1. The van der Waals surface area contributed by atoms with Gasteiger partial charge in [-0.1, -0.05) is 37.3 Å². The molecule has 1 aliphatic rings. The fourth-order valence-corrected chi connectivity index (χ4v) is 3.19. The van der Waals surface area contributed by atoms with Crippen LogP contribution in [0.25, 0.3) is 11.3 Å². The highest BCUT2D eigenvalue weighted by molar-refractivity contribution is 14.0. The molecule has 0 aliphatic carbocycles. The SMILES string of the molecule is CCN1CCCC1CNC(N)=NCc1ncc(-c2ccccc2)[nH]1.I. The summed E-state index contributed by atoms with van der Waals surface area (Å²) in [6.07, 6.45) is 4.33. The van der Waals surface area contributed by atoms with Crippen LogP contribution in [0, 0.1) is 0 Å². The molecule has 2 heterocycles. The van der Waals surface area contributed by atoms with Crippen LogP contribution in [0.3, 0.4) is 0 Å². The predicted molar refractivity (Wildman–Crippen MR) is 113 cm³/mol. The maximum absolute atomic E-state index is 5.98. The average Bonchev–Trinajstić information content (AvgIpc) is 3.28. The number of aromatic nitrogens is 2. The number of H-pyrrole nitrogens is 1. The molecule has 2 aromatic rings. The Morgan fingerprint density at radius 1 is 1.40 bits per heavy atom. The van der Waals surface area contributed by atoms with Crippen molar-refractivity contribution in [3.63, 3.8) is 0 Å². The number of guanidine groups is 1. The van der Waals surface area contributed by atoms with E-state index >= 15 is 0 Å². The summed E-state index contributed by atoms with van der Waals surface area (Å²) in [5.74, 6) is 1.30. The largest absolute Gasteiger partial charge is 0.370 e. The number of aromatic amines is 1. The van der Waals surface area contributed by atoms with Crippen molar-refractivity contribution in [2.24, 2.45) is 10.7 Å². The van der Waals surface area contributed by atoms with Crippen molar-refractivity contribution in [2.45, 2.75) is 32.4 Å². The Morgan fingerprint density at radius 3 is 2.96 bits per heavy atom. The number of aliphatic imine (C=N–C) groups is 1. The van der Waals surface area contributed by atoms with Gasteiger partial charge >= 0.3 is 0 Å². The van der Waals surface area contributed by atoms with E-state index in [1.807, 2.05) is 24.4 Å². The number of halogens is 1. The van der Waals surface area contributed by atoms with Crippen LogP contribution < -0.4 is 11.1 Å². The van der Waals surface area contributed by atoms with Gasteiger partial charge in [0.15, 0.2) is 5.96 Å². The number of benzene rings is 1. The van der Waals surface area contributed by atoms with Crippen LogP contribution in [0.15, 0.2) is 41.5 Å². The van der Waals surface area contributed by atoms with E-state index in [0.29, 0.717) is 18.5 Å². The molecule has 1 atom stereocenters. The summed E-state index contributed by atoms with van der Waals surface area (Å²) in [5, 5.41) is 3.24. The Labute approximate surface area is 166 Å². The first-order chi connectivity index (χ1) is 11.8.